The number of aryl methyl sites for hydroxylation is 1. The number of fused-ring (bicyclic) bond motifs is 1. The molecular weight excluding hydrogens is 300 g/mol. The third-order valence-electron chi connectivity index (χ3n) is 4.02. The highest BCUT2D eigenvalue weighted by molar-refractivity contribution is 6.31. The number of halogens is 1. The predicted octanol–water partition coefficient (Wildman–Crippen LogP) is 3.21. The molecule has 2 aromatic rings. The minimum atomic E-state index is 0.0483. The van der Waals surface area contributed by atoms with Crippen molar-refractivity contribution in [3.05, 3.63) is 35.5 Å². The van der Waals surface area contributed by atoms with Gasteiger partial charge in [0.1, 0.15) is 0 Å². The predicted molar refractivity (Wildman–Crippen MR) is 90.1 cm³/mol. The van der Waals surface area contributed by atoms with Crippen molar-refractivity contribution in [1.82, 2.24) is 9.88 Å². The Bertz CT molecular complexity index is 624. The fourth-order valence-corrected chi connectivity index (χ4v) is 2.75. The molecule has 120 valence electrons. The van der Waals surface area contributed by atoms with Crippen LogP contribution in [0.3, 0.4) is 0 Å². The third kappa shape index (κ3) is 4.49. The molecule has 0 saturated heterocycles. The number of amides is 1. The van der Waals surface area contributed by atoms with Crippen molar-refractivity contribution < 1.29 is 9.90 Å². The SMILES string of the molecule is CCC(CCO)CNC(=O)CCn1ccc2cc(Cl)ccc21. The van der Waals surface area contributed by atoms with Crippen LogP contribution in [0.15, 0.2) is 30.5 Å². The van der Waals surface area contributed by atoms with E-state index in [1.165, 1.54) is 0 Å². The van der Waals surface area contributed by atoms with Crippen LogP contribution in [0.25, 0.3) is 10.9 Å². The summed E-state index contributed by atoms with van der Waals surface area (Å²) < 4.78 is 2.07. The maximum Gasteiger partial charge on any atom is 0.221 e. The molecule has 0 fully saturated rings. The Morgan fingerprint density at radius 2 is 2.23 bits per heavy atom. The molecule has 2 rings (SSSR count). The Kier molecular flexibility index (Phi) is 6.28. The molecule has 1 amide bonds. The molecule has 0 aliphatic heterocycles. The Labute approximate surface area is 136 Å². The number of nitrogens with one attached hydrogen (secondary N) is 1. The number of aliphatic hydroxyl groups excluding tert-OH is 1. The Morgan fingerprint density at radius 1 is 1.41 bits per heavy atom. The monoisotopic (exact) mass is 322 g/mol. The molecule has 0 aliphatic rings. The van der Waals surface area contributed by atoms with Gasteiger partial charge in [0.25, 0.3) is 0 Å². The van der Waals surface area contributed by atoms with Crippen molar-refractivity contribution in [3.63, 3.8) is 0 Å². The molecule has 1 atom stereocenters. The van der Waals surface area contributed by atoms with E-state index in [0.29, 0.717) is 25.4 Å². The summed E-state index contributed by atoms with van der Waals surface area (Å²) in [4.78, 5) is 11.9. The number of hydrogen-bond donors (Lipinski definition) is 2. The fourth-order valence-electron chi connectivity index (χ4n) is 2.57. The lowest BCUT2D eigenvalue weighted by molar-refractivity contribution is -0.121. The van der Waals surface area contributed by atoms with Gasteiger partial charge in [0, 0.05) is 48.2 Å². The molecule has 0 saturated carbocycles. The number of carbonyl (C=O) groups is 1. The first-order valence-electron chi connectivity index (χ1n) is 7.76. The quantitative estimate of drug-likeness (QED) is 0.784. The molecular formula is C17H23ClN2O2. The van der Waals surface area contributed by atoms with E-state index in [1.54, 1.807) is 0 Å². The van der Waals surface area contributed by atoms with Crippen LogP contribution in [0, 0.1) is 5.92 Å². The van der Waals surface area contributed by atoms with E-state index < -0.39 is 0 Å². The van der Waals surface area contributed by atoms with E-state index in [-0.39, 0.29) is 12.5 Å². The van der Waals surface area contributed by atoms with E-state index in [4.69, 9.17) is 16.7 Å². The highest BCUT2D eigenvalue weighted by Gasteiger charge is 2.09. The number of hydrogen-bond acceptors (Lipinski definition) is 2. The molecule has 0 bridgehead atoms. The van der Waals surface area contributed by atoms with Crippen molar-refractivity contribution in [2.75, 3.05) is 13.2 Å². The fraction of sp³-hybridized carbons (Fsp3) is 0.471. The van der Waals surface area contributed by atoms with Gasteiger partial charge in [-0.25, -0.2) is 0 Å². The van der Waals surface area contributed by atoms with Crippen LogP contribution in [0.1, 0.15) is 26.2 Å². The number of nitrogens with zero attached hydrogens (tertiary/aromatic N) is 1. The summed E-state index contributed by atoms with van der Waals surface area (Å²) in [5, 5.41) is 13.7. The minimum Gasteiger partial charge on any atom is -0.396 e. The van der Waals surface area contributed by atoms with Crippen LogP contribution in [0.2, 0.25) is 5.02 Å². The number of aliphatic hydroxyl groups is 1. The van der Waals surface area contributed by atoms with Gasteiger partial charge in [-0.3, -0.25) is 4.79 Å². The van der Waals surface area contributed by atoms with Crippen molar-refractivity contribution >= 4 is 28.4 Å². The first-order valence-corrected chi connectivity index (χ1v) is 8.13. The first-order chi connectivity index (χ1) is 10.6. The van der Waals surface area contributed by atoms with Crippen LogP contribution < -0.4 is 5.32 Å². The van der Waals surface area contributed by atoms with Crippen molar-refractivity contribution in [2.45, 2.75) is 32.7 Å². The minimum absolute atomic E-state index is 0.0483. The highest BCUT2D eigenvalue weighted by Crippen LogP contribution is 2.20. The van der Waals surface area contributed by atoms with Crippen molar-refractivity contribution in [1.29, 1.82) is 0 Å². The van der Waals surface area contributed by atoms with E-state index in [2.05, 4.69) is 16.8 Å². The van der Waals surface area contributed by atoms with E-state index in [0.717, 1.165) is 28.8 Å². The molecule has 1 aromatic carbocycles. The average Bonchev–Trinajstić information content (AvgIpc) is 2.91. The topological polar surface area (TPSA) is 54.3 Å². The molecule has 5 heteroatoms. The van der Waals surface area contributed by atoms with Crippen molar-refractivity contribution in [2.24, 2.45) is 5.92 Å². The summed E-state index contributed by atoms with van der Waals surface area (Å²) in [5.74, 6) is 0.399. The zero-order chi connectivity index (χ0) is 15.9. The Morgan fingerprint density at radius 3 is 2.95 bits per heavy atom. The lowest BCUT2D eigenvalue weighted by Gasteiger charge is -2.14. The summed E-state index contributed by atoms with van der Waals surface area (Å²) in [6, 6.07) is 7.77. The van der Waals surface area contributed by atoms with E-state index in [1.807, 2.05) is 30.5 Å². The standard InChI is InChI=1S/C17H23ClN2O2/c1-2-13(7-10-21)12-19-17(22)6-9-20-8-5-14-11-15(18)3-4-16(14)20/h3-5,8,11,13,21H,2,6-7,9-10,12H2,1H3,(H,19,22). The average molecular weight is 323 g/mol. The number of aromatic nitrogens is 1. The molecule has 4 nitrogen and oxygen atoms in total. The summed E-state index contributed by atoms with van der Waals surface area (Å²) in [7, 11) is 0. The van der Waals surface area contributed by atoms with E-state index >= 15 is 0 Å². The van der Waals surface area contributed by atoms with Gasteiger partial charge in [-0.2, -0.15) is 0 Å². The van der Waals surface area contributed by atoms with Gasteiger partial charge in [0.05, 0.1) is 0 Å². The van der Waals surface area contributed by atoms with Gasteiger partial charge in [0.2, 0.25) is 5.91 Å². The van der Waals surface area contributed by atoms with Crippen LogP contribution in [0.4, 0.5) is 0 Å². The zero-order valence-corrected chi connectivity index (χ0v) is 13.6. The van der Waals surface area contributed by atoms with Crippen LogP contribution in [-0.2, 0) is 11.3 Å². The molecule has 0 aliphatic carbocycles. The molecule has 0 radical (unpaired) electrons. The summed E-state index contributed by atoms with van der Waals surface area (Å²) in [6.07, 6.45) is 4.13. The molecule has 1 heterocycles. The van der Waals surface area contributed by atoms with Gasteiger partial charge >= 0.3 is 0 Å². The van der Waals surface area contributed by atoms with Gasteiger partial charge < -0.3 is 15.0 Å². The van der Waals surface area contributed by atoms with Crippen LogP contribution in [-0.4, -0.2) is 28.7 Å². The third-order valence-corrected chi connectivity index (χ3v) is 4.25. The Balaban J connectivity index is 1.85. The Hall–Kier alpha value is -1.52. The van der Waals surface area contributed by atoms with Crippen LogP contribution >= 0.6 is 11.6 Å². The number of rotatable bonds is 8. The van der Waals surface area contributed by atoms with Crippen molar-refractivity contribution in [3.8, 4) is 0 Å². The number of carbonyl (C=O) groups excluding carboxylic acids is 1. The van der Waals surface area contributed by atoms with Gasteiger partial charge in [-0.15, -0.1) is 0 Å². The second-order valence-electron chi connectivity index (χ2n) is 5.55. The van der Waals surface area contributed by atoms with Crippen LogP contribution in [0.5, 0.6) is 0 Å². The van der Waals surface area contributed by atoms with E-state index in [9.17, 15) is 4.79 Å². The summed E-state index contributed by atoms with van der Waals surface area (Å²) >= 11 is 5.97. The van der Waals surface area contributed by atoms with Gasteiger partial charge in [-0.1, -0.05) is 24.9 Å². The molecule has 1 aromatic heterocycles. The molecule has 1 unspecified atom stereocenters. The smallest absolute Gasteiger partial charge is 0.221 e. The highest BCUT2D eigenvalue weighted by atomic mass is 35.5. The maximum atomic E-state index is 11.9. The normalized spacial score (nSPS) is 12.5. The molecule has 22 heavy (non-hydrogen) atoms. The maximum absolute atomic E-state index is 11.9. The van der Waals surface area contributed by atoms with Gasteiger partial charge in [-0.05, 0) is 36.6 Å². The lowest BCUT2D eigenvalue weighted by Crippen LogP contribution is -2.30. The summed E-state index contributed by atoms with van der Waals surface area (Å²) in [5.41, 5.74) is 1.09. The number of benzene rings is 1. The van der Waals surface area contributed by atoms with Gasteiger partial charge in [0.15, 0.2) is 0 Å². The largest absolute Gasteiger partial charge is 0.396 e. The second kappa shape index (κ2) is 8.20. The zero-order valence-electron chi connectivity index (χ0n) is 12.9. The second-order valence-corrected chi connectivity index (χ2v) is 5.99. The first kappa shape index (κ1) is 16.8. The summed E-state index contributed by atoms with van der Waals surface area (Å²) in [6.45, 7) is 3.53. The molecule has 2 N–H and O–H groups in total. The molecule has 0 spiro atoms. The lowest BCUT2D eigenvalue weighted by atomic mass is 10.0.